The average molecular weight is 662 g/mol. The number of hydrogen-bond donors (Lipinski definition) is 0. The van der Waals surface area contributed by atoms with Crippen LogP contribution in [0.1, 0.15) is 0 Å². The van der Waals surface area contributed by atoms with Gasteiger partial charge >= 0.3 is 591 Å². The van der Waals surface area contributed by atoms with Gasteiger partial charge in [-0.1, -0.05) is 0 Å². The molecule has 0 amide bonds. The molecule has 0 aromatic heterocycles. The summed E-state index contributed by atoms with van der Waals surface area (Å²) in [6.45, 7) is 0. The van der Waals surface area contributed by atoms with E-state index in [2.05, 4.69) is 0 Å². The van der Waals surface area contributed by atoms with Crippen LogP contribution in [0.2, 0.25) is 0 Å². The van der Waals surface area contributed by atoms with E-state index in [-0.39, 0.29) is 653 Å². The first-order chi connectivity index (χ1) is 0. The second-order valence-corrected chi connectivity index (χ2v) is 0. The van der Waals surface area contributed by atoms with Gasteiger partial charge in [-0.15, -0.1) is 62.0 Å². The zero-order chi connectivity index (χ0) is 0. The van der Waals surface area contributed by atoms with Gasteiger partial charge in [0.1, 0.15) is 0 Å². The normalized spacial score (nSPS) is 0. The molecule has 0 saturated carbocycles. The molecule has 0 aromatic rings. The second-order valence-electron chi connectivity index (χ2n) is 0. The maximum atomic E-state index is 0. The number of rotatable bonds is 0. The van der Waals surface area contributed by atoms with Gasteiger partial charge in [-0.2, -0.15) is 0 Å². The summed E-state index contributed by atoms with van der Waals surface area (Å²) in [5.41, 5.74) is 0. The fraction of sp³-hybridized carbons (Fsp3) is 0. The van der Waals surface area contributed by atoms with Gasteiger partial charge in [-0.25, -0.2) is 0 Å². The van der Waals surface area contributed by atoms with Crippen LogP contribution in [0.3, 0.4) is 0 Å². The summed E-state index contributed by atoms with van der Waals surface area (Å²) >= 11 is 0. The zero-order valence-electron chi connectivity index (χ0n) is 2.04. The Kier molecular flexibility index (Phi) is 1630. The van der Waals surface area contributed by atoms with Crippen LogP contribution in [-0.2, 0) is 0 Å². The van der Waals surface area contributed by atoms with Crippen LogP contribution in [0.5, 0.6) is 0 Å². The standard InChI is InChI=1S/5ClH.20Na.20H/h5*1H;;;;;;;;;;;;;;;;;;;;;;;;;;;;;;;;;;;;;;;;. The van der Waals surface area contributed by atoms with Crippen molar-refractivity contribution < 1.29 is 0 Å². The fourth-order valence-electron chi connectivity index (χ4n) is 0. The molecule has 0 saturated heterocycles. The summed E-state index contributed by atoms with van der Waals surface area (Å²) in [5.74, 6) is 0. The van der Waals surface area contributed by atoms with Crippen molar-refractivity contribution in [3.63, 3.8) is 0 Å². The van der Waals surface area contributed by atoms with Crippen molar-refractivity contribution >= 4 is 653 Å². The molecule has 0 N–H and O–H groups in total. The Hall–Kier alpha value is 21.4. The van der Waals surface area contributed by atoms with Crippen molar-refractivity contribution in [1.82, 2.24) is 0 Å². The molecule has 0 aliphatic rings. The number of halogens is 5. The first kappa shape index (κ1) is 209. The molecule has 0 spiro atoms. The third-order valence-corrected chi connectivity index (χ3v) is 0. The SMILES string of the molecule is Cl.Cl.Cl.Cl.Cl.[NaH].[NaH].[NaH].[NaH].[NaH].[NaH].[NaH].[NaH].[NaH].[NaH].[NaH].[NaH].[NaH].[NaH].[NaH].[NaH].[NaH].[NaH].[NaH].[NaH]. The Balaban J connectivity index is 0. The van der Waals surface area contributed by atoms with Crippen LogP contribution in [0.25, 0.3) is 0 Å². The summed E-state index contributed by atoms with van der Waals surface area (Å²) in [4.78, 5) is 0. The van der Waals surface area contributed by atoms with E-state index in [9.17, 15) is 0 Å². The predicted octanol–water partition coefficient (Wildman–Crippen LogP) is -10.9. The molecule has 0 aromatic carbocycles. The monoisotopic (exact) mass is 660 g/mol. The Morgan fingerprint density at radius 3 is 0.0800 bits per heavy atom. The third-order valence-electron chi connectivity index (χ3n) is 0. The van der Waals surface area contributed by atoms with Crippen molar-refractivity contribution in [3.8, 4) is 0 Å². The van der Waals surface area contributed by atoms with Crippen molar-refractivity contribution in [1.29, 1.82) is 0 Å². The molecule has 25 heteroatoms. The quantitative estimate of drug-likeness (QED) is 0.227. The van der Waals surface area contributed by atoms with Gasteiger partial charge in [0, 0.05) is 0 Å². The van der Waals surface area contributed by atoms with E-state index >= 15 is 0 Å². The molecule has 0 aliphatic carbocycles. The topological polar surface area (TPSA) is 0 Å². The Bertz CT molecular complexity index is 18.0. The van der Waals surface area contributed by atoms with Crippen LogP contribution < -0.4 is 0 Å². The van der Waals surface area contributed by atoms with Gasteiger partial charge < -0.3 is 0 Å². The molecule has 0 radical (unpaired) electrons. The predicted molar refractivity (Wildman–Crippen MR) is 179 cm³/mol. The van der Waals surface area contributed by atoms with Crippen LogP contribution in [-0.4, -0.2) is 591 Å². The average Bonchev–Trinajstić information content (AvgIpc) is 0. The van der Waals surface area contributed by atoms with Gasteiger partial charge in [0.15, 0.2) is 0 Å². The van der Waals surface area contributed by atoms with Crippen molar-refractivity contribution in [2.45, 2.75) is 0 Å². The molecule has 0 nitrogen and oxygen atoms in total. The van der Waals surface area contributed by atoms with E-state index in [1.165, 1.54) is 0 Å². The summed E-state index contributed by atoms with van der Waals surface area (Å²) in [5, 5.41) is 0. The Morgan fingerprint density at radius 2 is 0.0800 bits per heavy atom. The third kappa shape index (κ3) is 186. The first-order valence-corrected chi connectivity index (χ1v) is 0. The van der Waals surface area contributed by atoms with Gasteiger partial charge in [0.05, 0.1) is 0 Å². The fourth-order valence-corrected chi connectivity index (χ4v) is 0. The second kappa shape index (κ2) is 195. The molecular formula is H25Cl5Na20. The van der Waals surface area contributed by atoms with Gasteiger partial charge in [0.25, 0.3) is 0 Å². The molecule has 0 unspecified atom stereocenters. The molecular weight excluding hydrogens is 637 g/mol. The summed E-state index contributed by atoms with van der Waals surface area (Å²) < 4.78 is 0. The Morgan fingerprint density at radius 1 is 0.0800 bits per heavy atom. The minimum absolute atomic E-state index is 0. The number of hydrogen-bond acceptors (Lipinski definition) is 0. The van der Waals surface area contributed by atoms with E-state index in [0.717, 1.165) is 0 Å². The molecule has 0 bridgehead atoms. The van der Waals surface area contributed by atoms with E-state index in [0.29, 0.717) is 0 Å². The van der Waals surface area contributed by atoms with Crippen molar-refractivity contribution in [2.75, 3.05) is 0 Å². The molecule has 0 fully saturated rings. The van der Waals surface area contributed by atoms with E-state index in [4.69, 9.17) is 0 Å². The van der Waals surface area contributed by atoms with Gasteiger partial charge in [-0.05, 0) is 0 Å². The van der Waals surface area contributed by atoms with E-state index in [1.807, 2.05) is 0 Å². The van der Waals surface area contributed by atoms with Crippen LogP contribution >= 0.6 is 62.0 Å². The molecule has 0 rings (SSSR count). The zero-order valence-corrected chi connectivity index (χ0v) is 6.12. The summed E-state index contributed by atoms with van der Waals surface area (Å²) in [7, 11) is 0. The molecule has 0 aliphatic heterocycles. The molecule has 0 heterocycles. The van der Waals surface area contributed by atoms with E-state index in [1.54, 1.807) is 0 Å². The first-order valence-electron chi connectivity index (χ1n) is 0. The molecule has 0 atom stereocenters. The van der Waals surface area contributed by atoms with Crippen molar-refractivity contribution in [3.05, 3.63) is 0 Å². The molecule has 25 heavy (non-hydrogen) atoms. The van der Waals surface area contributed by atoms with Crippen LogP contribution in [0.4, 0.5) is 0 Å². The maximum absolute atomic E-state index is 0. The minimum atomic E-state index is 0. The summed E-state index contributed by atoms with van der Waals surface area (Å²) in [6.07, 6.45) is 0. The van der Waals surface area contributed by atoms with E-state index < -0.39 is 0 Å². The summed E-state index contributed by atoms with van der Waals surface area (Å²) in [6, 6.07) is 0. The van der Waals surface area contributed by atoms with Crippen molar-refractivity contribution in [2.24, 2.45) is 0 Å². The van der Waals surface area contributed by atoms with Gasteiger partial charge in [-0.3, -0.25) is 0 Å². The van der Waals surface area contributed by atoms with Gasteiger partial charge in [0.2, 0.25) is 0 Å². The molecule has 80 valence electrons. The van der Waals surface area contributed by atoms with Crippen LogP contribution in [0, 0.1) is 0 Å². The van der Waals surface area contributed by atoms with Crippen LogP contribution in [0.15, 0.2) is 0 Å². The Labute approximate surface area is 630 Å².